The van der Waals surface area contributed by atoms with E-state index in [0.717, 1.165) is 12.8 Å². The molecule has 0 fully saturated rings. The third kappa shape index (κ3) is 7.01. The smallest absolute Gasteiger partial charge is 0.140 e. The van der Waals surface area contributed by atoms with Gasteiger partial charge < -0.3 is 14.4 Å². The molecule has 14 heavy (non-hydrogen) atoms. The summed E-state index contributed by atoms with van der Waals surface area (Å²) >= 11 is 0. The predicted molar refractivity (Wildman–Crippen MR) is 50.7 cm³/mol. The van der Waals surface area contributed by atoms with Gasteiger partial charge in [0.2, 0.25) is 0 Å². The molecule has 0 spiro atoms. The Morgan fingerprint density at radius 1 is 1.57 bits per heavy atom. The molecule has 0 aliphatic carbocycles. The maximum absolute atomic E-state index is 11.2. The number of hydrogen-bond acceptors (Lipinski definition) is 4. The van der Waals surface area contributed by atoms with Crippen molar-refractivity contribution in [3.8, 4) is 0 Å². The van der Waals surface area contributed by atoms with Crippen molar-refractivity contribution >= 4 is 13.4 Å². The molecule has 0 aliphatic rings. The van der Waals surface area contributed by atoms with Crippen LogP contribution in [0.5, 0.6) is 0 Å². The molecule has 0 aromatic carbocycles. The van der Waals surface area contributed by atoms with Crippen molar-refractivity contribution in [2.45, 2.75) is 26.2 Å². The van der Waals surface area contributed by atoms with Gasteiger partial charge in [-0.2, -0.15) is 0 Å². The summed E-state index contributed by atoms with van der Waals surface area (Å²) in [4.78, 5) is 31.8. The minimum atomic E-state index is -4.68. The summed E-state index contributed by atoms with van der Waals surface area (Å²) in [6.45, 7) is 5.17. The third-order valence-corrected chi connectivity index (χ3v) is 2.64. The van der Waals surface area contributed by atoms with Gasteiger partial charge in [-0.15, -0.1) is 6.58 Å². The fraction of sp³-hybridized carbons (Fsp3) is 0.667. The van der Waals surface area contributed by atoms with Gasteiger partial charge >= 0.3 is 0 Å². The lowest BCUT2D eigenvalue weighted by Gasteiger charge is -2.29. The lowest BCUT2D eigenvalue weighted by atomic mass is 10.0. The summed E-state index contributed by atoms with van der Waals surface area (Å²) in [5.74, 6) is -0.839. The topological polar surface area (TPSA) is 80.3 Å². The summed E-state index contributed by atoms with van der Waals surface area (Å²) in [5.41, 5.74) is 0. The second-order valence-electron chi connectivity index (χ2n) is 3.36. The number of unbranched alkanes of at least 4 members (excludes halogenated alkanes) is 1. The summed E-state index contributed by atoms with van der Waals surface area (Å²) < 4.78 is 10.3. The maximum atomic E-state index is 11.2. The summed E-state index contributed by atoms with van der Waals surface area (Å²) in [7, 11) is -4.68. The van der Waals surface area contributed by atoms with E-state index in [-0.39, 0.29) is 5.92 Å². The second-order valence-corrected chi connectivity index (χ2v) is 4.89. The number of rotatable bonds is 7. The van der Waals surface area contributed by atoms with Crippen molar-refractivity contribution in [1.82, 2.24) is 0 Å². The quantitative estimate of drug-likeness (QED) is 0.353. The fourth-order valence-electron chi connectivity index (χ4n) is 1.08. The molecular weight excluding hydrogens is 203 g/mol. The number of carbonyl (C=O) groups is 1. The van der Waals surface area contributed by atoms with Crippen LogP contribution in [0.25, 0.3) is 0 Å². The van der Waals surface area contributed by atoms with Crippen LogP contribution in [0.2, 0.25) is 0 Å². The maximum Gasteiger partial charge on any atom is 0.140 e. The first kappa shape index (κ1) is 13.6. The molecule has 5 heteroatoms. The summed E-state index contributed by atoms with van der Waals surface area (Å²) in [6, 6.07) is 0. The second kappa shape index (κ2) is 6.12. The molecule has 0 radical (unpaired) electrons. The van der Waals surface area contributed by atoms with E-state index < -0.39 is 19.5 Å². The first-order valence-corrected chi connectivity index (χ1v) is 6.24. The average molecular weight is 218 g/mol. The molecule has 0 saturated carbocycles. The van der Waals surface area contributed by atoms with E-state index in [9.17, 15) is 19.1 Å². The Morgan fingerprint density at radius 2 is 2.14 bits per heavy atom. The van der Waals surface area contributed by atoms with Crippen LogP contribution in [0.4, 0.5) is 0 Å². The van der Waals surface area contributed by atoms with Crippen LogP contribution in [0, 0.1) is 5.92 Å². The standard InChI is InChI=1S/C9H17O4P/c1-3-4-5-6-8(2)9(10)7-14(11,12)13/h3,8H,1,4-7H2,2H3,(H2,11,12,13)/p-2. The first-order valence-electron chi connectivity index (χ1n) is 4.51. The number of Topliss-reactive ketones (excluding diaryl/α,β-unsaturated/α-hetero) is 1. The van der Waals surface area contributed by atoms with Gasteiger partial charge in [0.1, 0.15) is 5.78 Å². The fourth-order valence-corrected chi connectivity index (χ4v) is 1.77. The Balaban J connectivity index is 3.88. The number of ketones is 1. The molecule has 1 atom stereocenters. The third-order valence-electron chi connectivity index (χ3n) is 1.94. The van der Waals surface area contributed by atoms with Gasteiger partial charge in [0.05, 0.1) is 0 Å². The number of allylic oxidation sites excluding steroid dienone is 1. The van der Waals surface area contributed by atoms with Gasteiger partial charge in [0.25, 0.3) is 0 Å². The minimum absolute atomic E-state index is 0.355. The molecule has 0 aliphatic heterocycles. The molecule has 0 aromatic rings. The molecule has 0 saturated heterocycles. The van der Waals surface area contributed by atoms with Crippen molar-refractivity contribution in [3.63, 3.8) is 0 Å². The zero-order valence-corrected chi connectivity index (χ0v) is 9.16. The Morgan fingerprint density at radius 3 is 2.57 bits per heavy atom. The molecule has 82 valence electrons. The number of hydrogen-bond donors (Lipinski definition) is 0. The van der Waals surface area contributed by atoms with Crippen LogP contribution in [-0.4, -0.2) is 11.9 Å². The van der Waals surface area contributed by atoms with Crippen molar-refractivity contribution in [3.05, 3.63) is 12.7 Å². The normalized spacial score (nSPS) is 13.6. The largest absolute Gasteiger partial charge is 0.810 e. The average Bonchev–Trinajstić information content (AvgIpc) is 2.01. The molecule has 0 N–H and O–H groups in total. The van der Waals surface area contributed by atoms with Crippen molar-refractivity contribution in [1.29, 1.82) is 0 Å². The highest BCUT2D eigenvalue weighted by molar-refractivity contribution is 7.49. The summed E-state index contributed by atoms with van der Waals surface area (Å²) in [6.07, 6.45) is 3.07. The highest BCUT2D eigenvalue weighted by Crippen LogP contribution is 2.25. The minimum Gasteiger partial charge on any atom is -0.810 e. The molecule has 0 heterocycles. The molecule has 1 unspecified atom stereocenters. The Bertz CT molecular complexity index is 243. The molecule has 0 aromatic heterocycles. The van der Waals surface area contributed by atoms with E-state index in [4.69, 9.17) is 0 Å². The van der Waals surface area contributed by atoms with Crippen LogP contribution >= 0.6 is 7.60 Å². The summed E-state index contributed by atoms with van der Waals surface area (Å²) in [5, 5.41) is 0. The van der Waals surface area contributed by atoms with E-state index in [2.05, 4.69) is 6.58 Å². The van der Waals surface area contributed by atoms with Crippen molar-refractivity contribution in [2.75, 3.05) is 6.16 Å². The van der Waals surface area contributed by atoms with Gasteiger partial charge in [-0.05, 0) is 19.3 Å². The van der Waals surface area contributed by atoms with E-state index >= 15 is 0 Å². The van der Waals surface area contributed by atoms with Crippen LogP contribution in [-0.2, 0) is 9.36 Å². The Labute approximate surface area is 84.2 Å². The van der Waals surface area contributed by atoms with E-state index in [1.807, 2.05) is 0 Å². The highest BCUT2D eigenvalue weighted by Gasteiger charge is 2.13. The first-order chi connectivity index (χ1) is 6.37. The highest BCUT2D eigenvalue weighted by atomic mass is 31.2. The Kier molecular flexibility index (Phi) is 5.93. The van der Waals surface area contributed by atoms with Gasteiger partial charge in [-0.1, -0.05) is 20.6 Å². The molecule has 0 amide bonds. The molecular formula is C9H15O4P-2. The van der Waals surface area contributed by atoms with Gasteiger partial charge in [-0.25, -0.2) is 0 Å². The van der Waals surface area contributed by atoms with E-state index in [1.165, 1.54) is 0 Å². The monoisotopic (exact) mass is 218 g/mol. The zero-order valence-electron chi connectivity index (χ0n) is 8.27. The van der Waals surface area contributed by atoms with Crippen molar-refractivity contribution in [2.24, 2.45) is 5.92 Å². The van der Waals surface area contributed by atoms with Gasteiger partial charge in [0, 0.05) is 12.1 Å². The van der Waals surface area contributed by atoms with Crippen LogP contribution < -0.4 is 9.79 Å². The molecule has 4 nitrogen and oxygen atoms in total. The lowest BCUT2D eigenvalue weighted by Crippen LogP contribution is -2.25. The molecule has 0 rings (SSSR count). The van der Waals surface area contributed by atoms with Gasteiger partial charge in [0.15, 0.2) is 0 Å². The van der Waals surface area contributed by atoms with Crippen molar-refractivity contribution < 1.29 is 19.1 Å². The van der Waals surface area contributed by atoms with E-state index in [0.29, 0.717) is 6.42 Å². The van der Waals surface area contributed by atoms with E-state index in [1.54, 1.807) is 13.0 Å². The predicted octanol–water partition coefficient (Wildman–Crippen LogP) is 0.462. The number of carbonyl (C=O) groups excluding carboxylic acids is 1. The molecule has 0 bridgehead atoms. The van der Waals surface area contributed by atoms with Crippen LogP contribution in [0.1, 0.15) is 26.2 Å². The Hall–Kier alpha value is -0.440. The zero-order chi connectivity index (χ0) is 11.2. The van der Waals surface area contributed by atoms with Crippen LogP contribution in [0.15, 0.2) is 12.7 Å². The van der Waals surface area contributed by atoms with Crippen LogP contribution in [0.3, 0.4) is 0 Å². The SMILES string of the molecule is C=CCCCC(C)C(=O)CP(=O)([O-])[O-]. The van der Waals surface area contributed by atoms with Gasteiger partial charge in [-0.3, -0.25) is 4.79 Å². The lowest BCUT2D eigenvalue weighted by molar-refractivity contribution is -0.312.